The summed E-state index contributed by atoms with van der Waals surface area (Å²) in [6.07, 6.45) is 1.77. The first kappa shape index (κ1) is 14.9. The number of rotatable bonds is 3. The summed E-state index contributed by atoms with van der Waals surface area (Å²) in [5, 5.41) is 0. The summed E-state index contributed by atoms with van der Waals surface area (Å²) in [6, 6.07) is 7.85. The minimum absolute atomic E-state index is 0.0934. The van der Waals surface area contributed by atoms with E-state index in [0.717, 1.165) is 16.9 Å². The SMILES string of the molecule is Cc1cccc(C)c1Oc1c(Br)ccn(C(C)C)c1=O. The quantitative estimate of drug-likeness (QED) is 0.820. The van der Waals surface area contributed by atoms with Crippen LogP contribution in [0.3, 0.4) is 0 Å². The van der Waals surface area contributed by atoms with Crippen LogP contribution >= 0.6 is 15.9 Å². The molecule has 3 nitrogen and oxygen atoms in total. The summed E-state index contributed by atoms with van der Waals surface area (Å²) in [6.45, 7) is 7.89. The molecule has 20 heavy (non-hydrogen) atoms. The van der Waals surface area contributed by atoms with Crippen molar-refractivity contribution in [1.82, 2.24) is 4.57 Å². The van der Waals surface area contributed by atoms with Crippen LogP contribution < -0.4 is 10.3 Å². The molecule has 1 aromatic heterocycles. The second kappa shape index (κ2) is 5.83. The van der Waals surface area contributed by atoms with E-state index in [1.165, 1.54) is 0 Å². The maximum atomic E-state index is 12.5. The van der Waals surface area contributed by atoms with Crippen LogP contribution in [0.5, 0.6) is 11.5 Å². The Hall–Kier alpha value is -1.55. The summed E-state index contributed by atoms with van der Waals surface area (Å²) in [7, 11) is 0. The van der Waals surface area contributed by atoms with Gasteiger partial charge in [-0.3, -0.25) is 4.79 Å². The molecular weight excluding hydrogens is 318 g/mol. The lowest BCUT2D eigenvalue weighted by atomic mass is 10.1. The molecule has 2 rings (SSSR count). The van der Waals surface area contributed by atoms with Crippen LogP contribution in [0.15, 0.2) is 39.7 Å². The number of halogens is 1. The summed E-state index contributed by atoms with van der Waals surface area (Å²) in [4.78, 5) is 12.5. The lowest BCUT2D eigenvalue weighted by Crippen LogP contribution is -2.22. The lowest BCUT2D eigenvalue weighted by molar-refractivity contribution is 0.448. The lowest BCUT2D eigenvalue weighted by Gasteiger charge is -2.15. The first-order valence-corrected chi connectivity index (χ1v) is 7.36. The molecule has 0 fully saturated rings. The number of nitrogens with zero attached hydrogens (tertiary/aromatic N) is 1. The minimum atomic E-state index is -0.128. The fourth-order valence-corrected chi connectivity index (χ4v) is 2.44. The van der Waals surface area contributed by atoms with Gasteiger partial charge in [0.25, 0.3) is 5.56 Å². The van der Waals surface area contributed by atoms with Crippen LogP contribution in [0.1, 0.15) is 31.0 Å². The van der Waals surface area contributed by atoms with E-state index >= 15 is 0 Å². The maximum absolute atomic E-state index is 12.5. The summed E-state index contributed by atoms with van der Waals surface area (Å²) >= 11 is 3.40. The fraction of sp³-hybridized carbons (Fsp3) is 0.312. The van der Waals surface area contributed by atoms with Gasteiger partial charge in [-0.2, -0.15) is 0 Å². The Labute approximate surface area is 127 Å². The Bertz CT molecular complexity index is 669. The van der Waals surface area contributed by atoms with Gasteiger partial charge in [-0.1, -0.05) is 18.2 Å². The van der Waals surface area contributed by atoms with Crippen molar-refractivity contribution in [2.24, 2.45) is 0 Å². The minimum Gasteiger partial charge on any atom is -0.450 e. The number of hydrogen-bond acceptors (Lipinski definition) is 2. The molecule has 0 saturated heterocycles. The van der Waals surface area contributed by atoms with Crippen molar-refractivity contribution in [2.75, 3.05) is 0 Å². The van der Waals surface area contributed by atoms with Crippen molar-refractivity contribution < 1.29 is 4.74 Å². The Kier molecular flexibility index (Phi) is 4.33. The Morgan fingerprint density at radius 1 is 1.10 bits per heavy atom. The zero-order valence-electron chi connectivity index (χ0n) is 12.1. The average molecular weight is 336 g/mol. The van der Waals surface area contributed by atoms with E-state index in [4.69, 9.17) is 4.74 Å². The molecule has 0 atom stereocenters. The molecule has 0 N–H and O–H groups in total. The zero-order chi connectivity index (χ0) is 14.9. The number of aryl methyl sites for hydroxylation is 2. The molecule has 0 bridgehead atoms. The van der Waals surface area contributed by atoms with Crippen LogP contribution in [-0.4, -0.2) is 4.57 Å². The average Bonchev–Trinajstić information content (AvgIpc) is 2.36. The highest BCUT2D eigenvalue weighted by Gasteiger charge is 2.14. The first-order valence-electron chi connectivity index (χ1n) is 6.56. The smallest absolute Gasteiger partial charge is 0.294 e. The third kappa shape index (κ3) is 2.80. The fourth-order valence-electron chi connectivity index (χ4n) is 2.07. The van der Waals surface area contributed by atoms with Gasteiger partial charge in [-0.15, -0.1) is 0 Å². The highest BCUT2D eigenvalue weighted by Crippen LogP contribution is 2.31. The highest BCUT2D eigenvalue weighted by molar-refractivity contribution is 9.10. The zero-order valence-corrected chi connectivity index (χ0v) is 13.7. The van der Waals surface area contributed by atoms with E-state index in [1.54, 1.807) is 10.8 Å². The first-order chi connectivity index (χ1) is 9.41. The number of para-hydroxylation sites is 1. The molecule has 0 aliphatic rings. The standard InChI is InChI=1S/C16H18BrNO2/c1-10(2)18-9-8-13(17)15(16(18)19)20-14-11(3)6-5-7-12(14)4/h5-10H,1-4H3. The van der Waals surface area contributed by atoms with Crippen molar-refractivity contribution >= 4 is 15.9 Å². The third-order valence-corrected chi connectivity index (χ3v) is 3.82. The predicted octanol–water partition coefficient (Wildman–Crippen LogP) is 4.60. The van der Waals surface area contributed by atoms with Crippen molar-refractivity contribution in [3.63, 3.8) is 0 Å². The monoisotopic (exact) mass is 335 g/mol. The van der Waals surface area contributed by atoms with Crippen LogP contribution in [0, 0.1) is 13.8 Å². The van der Waals surface area contributed by atoms with Crippen molar-refractivity contribution in [1.29, 1.82) is 0 Å². The summed E-state index contributed by atoms with van der Waals surface area (Å²) in [5.74, 6) is 1.07. The van der Waals surface area contributed by atoms with E-state index < -0.39 is 0 Å². The van der Waals surface area contributed by atoms with Crippen molar-refractivity contribution in [3.8, 4) is 11.5 Å². The molecule has 106 valence electrons. The van der Waals surface area contributed by atoms with E-state index in [9.17, 15) is 4.79 Å². The van der Waals surface area contributed by atoms with E-state index in [0.29, 0.717) is 10.2 Å². The molecule has 0 unspecified atom stereocenters. The largest absolute Gasteiger partial charge is 0.450 e. The summed E-state index contributed by atoms with van der Waals surface area (Å²) in [5.41, 5.74) is 1.89. The predicted molar refractivity (Wildman–Crippen MR) is 84.8 cm³/mol. The van der Waals surface area contributed by atoms with E-state index in [1.807, 2.05) is 52.0 Å². The molecule has 0 saturated carbocycles. The molecule has 0 aliphatic carbocycles. The number of pyridine rings is 1. The van der Waals surface area contributed by atoms with Gasteiger partial charge in [0.1, 0.15) is 5.75 Å². The van der Waals surface area contributed by atoms with Gasteiger partial charge in [-0.05, 0) is 60.8 Å². The van der Waals surface area contributed by atoms with E-state index in [2.05, 4.69) is 15.9 Å². The second-order valence-corrected chi connectivity index (χ2v) is 5.98. The van der Waals surface area contributed by atoms with Gasteiger partial charge in [0.2, 0.25) is 5.75 Å². The van der Waals surface area contributed by atoms with Crippen molar-refractivity contribution in [2.45, 2.75) is 33.7 Å². The maximum Gasteiger partial charge on any atom is 0.294 e. The molecule has 1 aromatic carbocycles. The highest BCUT2D eigenvalue weighted by atomic mass is 79.9. The molecule has 0 radical (unpaired) electrons. The number of ether oxygens (including phenoxy) is 1. The van der Waals surface area contributed by atoms with Gasteiger partial charge in [0.05, 0.1) is 4.47 Å². The molecule has 2 aromatic rings. The molecule has 0 spiro atoms. The van der Waals surface area contributed by atoms with Gasteiger partial charge >= 0.3 is 0 Å². The Balaban J connectivity index is 2.54. The van der Waals surface area contributed by atoms with Crippen LogP contribution in [0.4, 0.5) is 0 Å². The van der Waals surface area contributed by atoms with Crippen LogP contribution in [0.25, 0.3) is 0 Å². The van der Waals surface area contributed by atoms with Crippen molar-refractivity contribution in [3.05, 3.63) is 56.4 Å². The number of aromatic nitrogens is 1. The second-order valence-electron chi connectivity index (χ2n) is 5.12. The molecule has 4 heteroatoms. The normalized spacial score (nSPS) is 10.9. The van der Waals surface area contributed by atoms with Gasteiger partial charge in [0.15, 0.2) is 0 Å². The molecule has 1 heterocycles. The van der Waals surface area contributed by atoms with E-state index in [-0.39, 0.29) is 11.6 Å². The Morgan fingerprint density at radius 3 is 2.25 bits per heavy atom. The van der Waals surface area contributed by atoms with Crippen LogP contribution in [-0.2, 0) is 0 Å². The molecule has 0 aliphatic heterocycles. The molecule has 0 amide bonds. The third-order valence-electron chi connectivity index (χ3n) is 3.20. The number of benzene rings is 1. The Morgan fingerprint density at radius 2 is 1.70 bits per heavy atom. The summed E-state index contributed by atoms with van der Waals surface area (Å²) < 4.78 is 8.24. The van der Waals surface area contributed by atoms with Crippen LogP contribution in [0.2, 0.25) is 0 Å². The van der Waals surface area contributed by atoms with Gasteiger partial charge in [0, 0.05) is 12.2 Å². The van der Waals surface area contributed by atoms with Gasteiger partial charge in [-0.25, -0.2) is 0 Å². The number of hydrogen-bond donors (Lipinski definition) is 0. The topological polar surface area (TPSA) is 31.2 Å². The molecular formula is C16H18BrNO2. The van der Waals surface area contributed by atoms with Gasteiger partial charge < -0.3 is 9.30 Å².